The van der Waals surface area contributed by atoms with Crippen LogP contribution in [0.1, 0.15) is 19.8 Å². The Morgan fingerprint density at radius 2 is 1.89 bits per heavy atom. The number of imidazole rings is 1. The van der Waals surface area contributed by atoms with Gasteiger partial charge in [0.05, 0.1) is 25.3 Å². The molecule has 0 radical (unpaired) electrons. The van der Waals surface area contributed by atoms with Gasteiger partial charge in [-0.1, -0.05) is 13.3 Å². The van der Waals surface area contributed by atoms with Crippen molar-refractivity contribution in [1.29, 1.82) is 0 Å². The van der Waals surface area contributed by atoms with Gasteiger partial charge in [-0.2, -0.15) is 0 Å². The van der Waals surface area contributed by atoms with Crippen molar-refractivity contribution >= 4 is 23.3 Å². The van der Waals surface area contributed by atoms with E-state index in [-0.39, 0.29) is 0 Å². The molecular weight excluding hydrogens is 248 g/mol. The molecule has 0 fully saturated rings. The van der Waals surface area contributed by atoms with E-state index in [9.17, 15) is 0 Å². The molecule has 0 aliphatic carbocycles. The minimum Gasteiger partial charge on any atom is -0.493 e. The molecule has 0 amide bonds. The lowest BCUT2D eigenvalue weighted by Crippen LogP contribution is -1.98. The summed E-state index contributed by atoms with van der Waals surface area (Å²) in [5.41, 5.74) is 2.04. The SMILES string of the molecule is CCCCn1c(=S)[nH]c2cc(OC)c(OC)cc21. The Balaban J connectivity index is 2.59. The maximum atomic E-state index is 5.35. The molecule has 0 unspecified atom stereocenters. The van der Waals surface area contributed by atoms with Gasteiger partial charge in [-0.05, 0) is 18.6 Å². The standard InChI is InChI=1S/C13H18N2O2S/c1-4-5-6-15-10-8-12(17-3)11(16-2)7-9(10)14-13(15)18/h7-8H,4-6H2,1-3H3,(H,14,18). The van der Waals surface area contributed by atoms with Crippen LogP contribution in [-0.2, 0) is 6.54 Å². The number of benzene rings is 1. The van der Waals surface area contributed by atoms with Crippen LogP contribution in [0.4, 0.5) is 0 Å². The van der Waals surface area contributed by atoms with E-state index < -0.39 is 0 Å². The number of fused-ring (bicyclic) bond motifs is 1. The third kappa shape index (κ3) is 2.22. The van der Waals surface area contributed by atoms with E-state index in [1.807, 2.05) is 12.1 Å². The van der Waals surface area contributed by atoms with Gasteiger partial charge < -0.3 is 19.0 Å². The number of unbranched alkanes of at least 4 members (excludes halogenated alkanes) is 1. The molecule has 0 bridgehead atoms. The normalized spacial score (nSPS) is 10.8. The second-order valence-electron chi connectivity index (χ2n) is 4.16. The van der Waals surface area contributed by atoms with Crippen LogP contribution >= 0.6 is 12.2 Å². The van der Waals surface area contributed by atoms with E-state index in [0.29, 0.717) is 5.75 Å². The number of nitrogens with one attached hydrogen (secondary N) is 1. The maximum absolute atomic E-state index is 5.35. The van der Waals surface area contributed by atoms with Crippen LogP contribution in [0.15, 0.2) is 12.1 Å². The van der Waals surface area contributed by atoms with Gasteiger partial charge in [0.25, 0.3) is 0 Å². The predicted octanol–water partition coefficient (Wildman–Crippen LogP) is 3.52. The Morgan fingerprint density at radius 3 is 2.50 bits per heavy atom. The number of methoxy groups -OCH3 is 2. The summed E-state index contributed by atoms with van der Waals surface area (Å²) in [5.74, 6) is 1.44. The highest BCUT2D eigenvalue weighted by atomic mass is 32.1. The fraction of sp³-hybridized carbons (Fsp3) is 0.462. The number of aryl methyl sites for hydroxylation is 1. The molecule has 5 heteroatoms. The molecule has 1 aromatic heterocycles. The fourth-order valence-corrected chi connectivity index (χ4v) is 2.32. The first-order chi connectivity index (χ1) is 8.71. The Bertz CT molecular complexity index is 601. The molecule has 0 spiro atoms. The first-order valence-electron chi connectivity index (χ1n) is 6.05. The van der Waals surface area contributed by atoms with Gasteiger partial charge in [0.1, 0.15) is 0 Å². The summed E-state index contributed by atoms with van der Waals surface area (Å²) in [5, 5.41) is 0. The summed E-state index contributed by atoms with van der Waals surface area (Å²) in [4.78, 5) is 3.20. The Labute approximate surface area is 112 Å². The van der Waals surface area contributed by atoms with Crippen molar-refractivity contribution in [3.63, 3.8) is 0 Å². The number of H-pyrrole nitrogens is 1. The zero-order valence-corrected chi connectivity index (χ0v) is 11.8. The highest BCUT2D eigenvalue weighted by Crippen LogP contribution is 2.31. The van der Waals surface area contributed by atoms with Gasteiger partial charge in [0.2, 0.25) is 0 Å². The Morgan fingerprint density at radius 1 is 1.22 bits per heavy atom. The first-order valence-corrected chi connectivity index (χ1v) is 6.46. The van der Waals surface area contributed by atoms with Crippen molar-refractivity contribution in [2.75, 3.05) is 14.2 Å². The summed E-state index contributed by atoms with van der Waals surface area (Å²) < 4.78 is 13.5. The monoisotopic (exact) mass is 266 g/mol. The number of nitrogens with zero attached hydrogens (tertiary/aromatic N) is 1. The van der Waals surface area contributed by atoms with E-state index >= 15 is 0 Å². The quantitative estimate of drug-likeness (QED) is 0.842. The highest BCUT2D eigenvalue weighted by molar-refractivity contribution is 7.71. The van der Waals surface area contributed by atoms with Crippen LogP contribution < -0.4 is 9.47 Å². The molecule has 0 aliphatic heterocycles. The van der Waals surface area contributed by atoms with Crippen LogP contribution in [0.3, 0.4) is 0 Å². The number of aromatic amines is 1. The van der Waals surface area contributed by atoms with Crippen LogP contribution in [0, 0.1) is 4.77 Å². The Hall–Kier alpha value is -1.49. The van der Waals surface area contributed by atoms with E-state index in [2.05, 4.69) is 16.5 Å². The van der Waals surface area contributed by atoms with Crippen molar-refractivity contribution in [2.24, 2.45) is 0 Å². The van der Waals surface area contributed by atoms with Crippen molar-refractivity contribution in [3.8, 4) is 11.5 Å². The molecule has 1 aromatic carbocycles. The van der Waals surface area contributed by atoms with Crippen molar-refractivity contribution in [3.05, 3.63) is 16.9 Å². The third-order valence-corrected chi connectivity index (χ3v) is 3.34. The van der Waals surface area contributed by atoms with Gasteiger partial charge in [-0.25, -0.2) is 0 Å². The molecule has 0 aliphatic rings. The summed E-state index contributed by atoms with van der Waals surface area (Å²) in [6.07, 6.45) is 2.25. The smallest absolute Gasteiger partial charge is 0.178 e. The molecule has 0 saturated heterocycles. The van der Waals surface area contributed by atoms with Crippen LogP contribution in [0.25, 0.3) is 11.0 Å². The average Bonchev–Trinajstić information content (AvgIpc) is 2.69. The lowest BCUT2D eigenvalue weighted by Gasteiger charge is -2.08. The van der Waals surface area contributed by atoms with Crippen LogP contribution in [0.2, 0.25) is 0 Å². The largest absolute Gasteiger partial charge is 0.493 e. The number of hydrogen-bond acceptors (Lipinski definition) is 3. The van der Waals surface area contributed by atoms with Crippen molar-refractivity contribution in [2.45, 2.75) is 26.3 Å². The molecule has 0 saturated carbocycles. The zero-order chi connectivity index (χ0) is 13.1. The molecule has 2 rings (SSSR count). The molecular formula is C13H18N2O2S. The zero-order valence-electron chi connectivity index (χ0n) is 10.9. The average molecular weight is 266 g/mol. The van der Waals surface area contributed by atoms with Gasteiger partial charge >= 0.3 is 0 Å². The second kappa shape index (κ2) is 5.44. The fourth-order valence-electron chi connectivity index (χ4n) is 2.02. The second-order valence-corrected chi connectivity index (χ2v) is 4.55. The number of ether oxygens (including phenoxy) is 2. The molecule has 18 heavy (non-hydrogen) atoms. The van der Waals surface area contributed by atoms with Gasteiger partial charge in [-0.3, -0.25) is 0 Å². The topological polar surface area (TPSA) is 39.2 Å². The Kier molecular flexibility index (Phi) is 3.91. The maximum Gasteiger partial charge on any atom is 0.178 e. The van der Waals surface area contributed by atoms with E-state index in [4.69, 9.17) is 21.7 Å². The minimum atomic E-state index is 0.712. The molecule has 0 atom stereocenters. The van der Waals surface area contributed by atoms with E-state index in [0.717, 1.165) is 40.9 Å². The highest BCUT2D eigenvalue weighted by Gasteiger charge is 2.10. The summed E-state index contributed by atoms with van der Waals surface area (Å²) in [7, 11) is 3.27. The third-order valence-electron chi connectivity index (χ3n) is 3.01. The van der Waals surface area contributed by atoms with Crippen LogP contribution in [0.5, 0.6) is 11.5 Å². The van der Waals surface area contributed by atoms with Gasteiger partial charge in [0, 0.05) is 18.7 Å². The molecule has 4 nitrogen and oxygen atoms in total. The predicted molar refractivity (Wildman–Crippen MR) is 75.1 cm³/mol. The molecule has 98 valence electrons. The molecule has 1 heterocycles. The van der Waals surface area contributed by atoms with E-state index in [1.54, 1.807) is 14.2 Å². The first kappa shape index (κ1) is 13.0. The van der Waals surface area contributed by atoms with Crippen LogP contribution in [-0.4, -0.2) is 23.8 Å². The van der Waals surface area contributed by atoms with Gasteiger partial charge in [0.15, 0.2) is 16.3 Å². The number of hydrogen-bond donors (Lipinski definition) is 1. The molecule has 1 N–H and O–H groups in total. The molecule has 2 aromatic rings. The van der Waals surface area contributed by atoms with Gasteiger partial charge in [-0.15, -0.1) is 0 Å². The summed E-state index contributed by atoms with van der Waals surface area (Å²) in [6.45, 7) is 3.09. The number of aromatic nitrogens is 2. The minimum absolute atomic E-state index is 0.712. The lowest BCUT2D eigenvalue weighted by atomic mass is 10.2. The van der Waals surface area contributed by atoms with E-state index in [1.165, 1.54) is 0 Å². The lowest BCUT2D eigenvalue weighted by molar-refractivity contribution is 0.355. The summed E-state index contributed by atoms with van der Waals surface area (Å²) in [6, 6.07) is 3.89. The number of rotatable bonds is 5. The summed E-state index contributed by atoms with van der Waals surface area (Å²) >= 11 is 5.35. The van der Waals surface area contributed by atoms with Crippen molar-refractivity contribution in [1.82, 2.24) is 9.55 Å². The van der Waals surface area contributed by atoms with Crippen molar-refractivity contribution < 1.29 is 9.47 Å².